The smallest absolute Gasteiger partial charge is 0.341 e. The van der Waals surface area contributed by atoms with Gasteiger partial charge in [0, 0.05) is 13.6 Å². The summed E-state index contributed by atoms with van der Waals surface area (Å²) in [6.07, 6.45) is -2.98. The van der Waals surface area contributed by atoms with Crippen LogP contribution in [-0.4, -0.2) is 39.3 Å². The highest BCUT2D eigenvalue weighted by molar-refractivity contribution is 7.99. The number of nitrogens with zero attached hydrogens (tertiary/aromatic N) is 3. The second-order valence-electron chi connectivity index (χ2n) is 6.52. The second-order valence-corrected chi connectivity index (χ2v) is 7.46. The van der Waals surface area contributed by atoms with Crippen LogP contribution in [0.5, 0.6) is 0 Å². The summed E-state index contributed by atoms with van der Waals surface area (Å²) in [5.74, 6) is -0.173. The lowest BCUT2D eigenvalue weighted by atomic mass is 10.2. The van der Waals surface area contributed by atoms with Gasteiger partial charge in [-0.3, -0.25) is 4.79 Å². The van der Waals surface area contributed by atoms with E-state index in [0.29, 0.717) is 17.8 Å². The van der Waals surface area contributed by atoms with Crippen LogP contribution in [0.15, 0.2) is 72.0 Å². The van der Waals surface area contributed by atoms with E-state index in [-0.39, 0.29) is 16.8 Å². The van der Waals surface area contributed by atoms with Crippen molar-refractivity contribution in [1.29, 1.82) is 0 Å². The van der Waals surface area contributed by atoms with Gasteiger partial charge in [-0.2, -0.15) is 13.2 Å². The van der Waals surface area contributed by atoms with Crippen molar-refractivity contribution in [3.8, 4) is 11.3 Å². The molecule has 0 aliphatic carbocycles. The fraction of sp³-hybridized carbons (Fsp3) is 0.238. The van der Waals surface area contributed by atoms with Gasteiger partial charge in [0.2, 0.25) is 5.91 Å². The number of aromatic nitrogens is 2. The molecule has 1 amide bonds. The fourth-order valence-corrected chi connectivity index (χ4v) is 3.75. The Kier molecular flexibility index (Phi) is 6.64. The molecule has 0 aliphatic rings. The van der Waals surface area contributed by atoms with Gasteiger partial charge in [0.05, 0.1) is 17.6 Å². The van der Waals surface area contributed by atoms with Gasteiger partial charge in [-0.1, -0.05) is 72.4 Å². The molecular formula is C21H20F3N3OS. The van der Waals surface area contributed by atoms with Crippen molar-refractivity contribution in [2.45, 2.75) is 24.4 Å². The number of hydrogen-bond donors (Lipinski definition) is 0. The van der Waals surface area contributed by atoms with E-state index in [1.165, 1.54) is 6.20 Å². The SMILES string of the molecule is CN(Cc1ccccc1)C(=O)CSc1ncc(-c2ccccc2)n1CC(F)(F)F. The summed E-state index contributed by atoms with van der Waals surface area (Å²) in [6.45, 7) is -0.722. The van der Waals surface area contributed by atoms with Crippen LogP contribution in [0.3, 0.4) is 0 Å². The van der Waals surface area contributed by atoms with E-state index in [1.807, 2.05) is 30.3 Å². The molecule has 2 aromatic carbocycles. The summed E-state index contributed by atoms with van der Waals surface area (Å²) in [4.78, 5) is 18.1. The maximum Gasteiger partial charge on any atom is 0.406 e. The molecule has 0 atom stereocenters. The lowest BCUT2D eigenvalue weighted by Gasteiger charge is -2.18. The van der Waals surface area contributed by atoms with Gasteiger partial charge in [-0.25, -0.2) is 4.98 Å². The molecule has 0 N–H and O–H groups in total. The minimum atomic E-state index is -4.40. The molecule has 1 heterocycles. The molecule has 4 nitrogen and oxygen atoms in total. The molecule has 0 unspecified atom stereocenters. The van der Waals surface area contributed by atoms with Gasteiger partial charge in [-0.15, -0.1) is 0 Å². The van der Waals surface area contributed by atoms with Crippen LogP contribution in [0.1, 0.15) is 5.56 Å². The van der Waals surface area contributed by atoms with Gasteiger partial charge < -0.3 is 9.47 Å². The van der Waals surface area contributed by atoms with Gasteiger partial charge in [0.15, 0.2) is 5.16 Å². The number of carbonyl (C=O) groups is 1. The van der Waals surface area contributed by atoms with Crippen LogP contribution in [-0.2, 0) is 17.9 Å². The van der Waals surface area contributed by atoms with Crippen LogP contribution in [0.2, 0.25) is 0 Å². The van der Waals surface area contributed by atoms with Crippen molar-refractivity contribution in [1.82, 2.24) is 14.5 Å². The van der Waals surface area contributed by atoms with E-state index in [9.17, 15) is 18.0 Å². The van der Waals surface area contributed by atoms with Crippen LogP contribution >= 0.6 is 11.8 Å². The first-order valence-electron chi connectivity index (χ1n) is 8.92. The number of amides is 1. The number of carbonyl (C=O) groups excluding carboxylic acids is 1. The van der Waals surface area contributed by atoms with Crippen molar-refractivity contribution in [3.05, 3.63) is 72.4 Å². The number of halogens is 3. The first kappa shape index (κ1) is 21.0. The standard InChI is InChI=1S/C21H20F3N3OS/c1-26(13-16-8-4-2-5-9-16)19(28)14-29-20-25-12-18(17-10-6-3-7-11-17)27(20)15-21(22,23)24/h2-12H,13-15H2,1H3. The predicted octanol–water partition coefficient (Wildman–Crippen LogP) is 4.86. The Bertz CT molecular complexity index is 943. The second kappa shape index (κ2) is 9.17. The molecule has 0 saturated heterocycles. The van der Waals surface area contributed by atoms with Crippen LogP contribution in [0.4, 0.5) is 13.2 Å². The number of hydrogen-bond acceptors (Lipinski definition) is 3. The molecule has 0 radical (unpaired) electrons. The summed E-state index contributed by atoms with van der Waals surface area (Å²) < 4.78 is 40.5. The summed E-state index contributed by atoms with van der Waals surface area (Å²) in [5, 5.41) is 0.169. The zero-order valence-electron chi connectivity index (χ0n) is 15.8. The number of benzene rings is 2. The Labute approximate surface area is 171 Å². The fourth-order valence-electron chi connectivity index (χ4n) is 2.83. The maximum absolute atomic E-state index is 13.1. The lowest BCUT2D eigenvalue weighted by Crippen LogP contribution is -2.28. The molecule has 0 bridgehead atoms. The van der Waals surface area contributed by atoms with Crippen molar-refractivity contribution in [2.75, 3.05) is 12.8 Å². The van der Waals surface area contributed by atoms with E-state index in [2.05, 4.69) is 4.98 Å². The van der Waals surface area contributed by atoms with Crippen molar-refractivity contribution < 1.29 is 18.0 Å². The molecule has 29 heavy (non-hydrogen) atoms. The van der Waals surface area contributed by atoms with Crippen LogP contribution in [0.25, 0.3) is 11.3 Å². The molecule has 3 aromatic rings. The Hall–Kier alpha value is -2.74. The molecule has 3 rings (SSSR count). The summed E-state index contributed by atoms with van der Waals surface area (Å²) >= 11 is 1.01. The zero-order chi connectivity index (χ0) is 20.9. The Morgan fingerprint density at radius 2 is 1.69 bits per heavy atom. The average molecular weight is 419 g/mol. The molecule has 0 spiro atoms. The molecule has 0 fully saturated rings. The van der Waals surface area contributed by atoms with E-state index in [0.717, 1.165) is 21.9 Å². The van der Waals surface area contributed by atoms with Gasteiger partial charge >= 0.3 is 6.18 Å². The molecular weight excluding hydrogens is 399 g/mol. The molecule has 0 aliphatic heterocycles. The normalized spacial score (nSPS) is 11.4. The predicted molar refractivity (Wildman–Crippen MR) is 107 cm³/mol. The number of thioether (sulfide) groups is 1. The minimum absolute atomic E-state index is 0.00638. The zero-order valence-corrected chi connectivity index (χ0v) is 16.6. The summed E-state index contributed by atoms with van der Waals surface area (Å²) in [5.41, 5.74) is 2.00. The average Bonchev–Trinajstić information content (AvgIpc) is 3.08. The highest BCUT2D eigenvalue weighted by Gasteiger charge is 2.31. The highest BCUT2D eigenvalue weighted by atomic mass is 32.2. The Morgan fingerprint density at radius 3 is 2.31 bits per heavy atom. The van der Waals surface area contributed by atoms with Gasteiger partial charge in [-0.05, 0) is 11.1 Å². The largest absolute Gasteiger partial charge is 0.406 e. The van der Waals surface area contributed by atoms with Crippen LogP contribution < -0.4 is 0 Å². The number of rotatable bonds is 7. The Balaban J connectivity index is 1.73. The van der Waals surface area contributed by atoms with E-state index >= 15 is 0 Å². The van der Waals surface area contributed by atoms with Crippen molar-refractivity contribution >= 4 is 17.7 Å². The van der Waals surface area contributed by atoms with E-state index in [4.69, 9.17) is 0 Å². The summed E-state index contributed by atoms with van der Waals surface area (Å²) in [7, 11) is 1.67. The van der Waals surface area contributed by atoms with E-state index < -0.39 is 12.7 Å². The molecule has 0 saturated carbocycles. The molecule has 1 aromatic heterocycles. The molecule has 152 valence electrons. The van der Waals surface area contributed by atoms with Crippen molar-refractivity contribution in [3.63, 3.8) is 0 Å². The Morgan fingerprint density at radius 1 is 1.07 bits per heavy atom. The third-order valence-corrected chi connectivity index (χ3v) is 5.21. The van der Waals surface area contributed by atoms with Gasteiger partial charge in [0.1, 0.15) is 6.54 Å². The third-order valence-electron chi connectivity index (χ3n) is 4.24. The van der Waals surface area contributed by atoms with Crippen LogP contribution in [0, 0.1) is 0 Å². The first-order chi connectivity index (χ1) is 13.8. The summed E-state index contributed by atoms with van der Waals surface area (Å²) in [6, 6.07) is 18.3. The highest BCUT2D eigenvalue weighted by Crippen LogP contribution is 2.30. The topological polar surface area (TPSA) is 38.1 Å². The maximum atomic E-state index is 13.1. The number of alkyl halides is 3. The van der Waals surface area contributed by atoms with Crippen molar-refractivity contribution in [2.24, 2.45) is 0 Å². The third kappa shape index (κ3) is 5.87. The number of imidazole rings is 1. The van der Waals surface area contributed by atoms with E-state index in [1.54, 1.807) is 42.3 Å². The minimum Gasteiger partial charge on any atom is -0.341 e. The first-order valence-corrected chi connectivity index (χ1v) is 9.90. The lowest BCUT2D eigenvalue weighted by molar-refractivity contribution is -0.141. The monoisotopic (exact) mass is 419 g/mol. The quantitative estimate of drug-likeness (QED) is 0.513. The van der Waals surface area contributed by atoms with Gasteiger partial charge in [0.25, 0.3) is 0 Å². The molecule has 8 heteroatoms.